The Morgan fingerprint density at radius 1 is 1.38 bits per heavy atom. The normalized spacial score (nSPS) is 27.6. The van der Waals surface area contributed by atoms with Crippen molar-refractivity contribution in [3.05, 3.63) is 33.5 Å². The van der Waals surface area contributed by atoms with Crippen LogP contribution in [0.1, 0.15) is 59.2 Å². The first-order chi connectivity index (χ1) is 19.6. The van der Waals surface area contributed by atoms with Crippen molar-refractivity contribution in [2.75, 3.05) is 6.61 Å². The van der Waals surface area contributed by atoms with Gasteiger partial charge in [-0.05, 0) is 68.8 Å². The highest BCUT2D eigenvalue weighted by Gasteiger charge is 2.53. The molecule has 12 heteroatoms. The van der Waals surface area contributed by atoms with Gasteiger partial charge in [0.2, 0.25) is 0 Å². The summed E-state index contributed by atoms with van der Waals surface area (Å²) in [6.45, 7) is 8.22. The van der Waals surface area contributed by atoms with Gasteiger partial charge in [-0.1, -0.05) is 29.4 Å². The Kier molecular flexibility index (Phi) is 10.6. The SMILES string of the molecule is C#CC[C@@]12C#C/C(Br)=C\[C@@H]([C@@H](O)C#C)Oc3ccc(nc3Cl)[C@H](NC(=O)OC(C)(C)C)CC(=O)OC[C@H]1OC(C)(C)O2. The highest BCUT2D eigenvalue weighted by atomic mass is 79.9. The number of carbonyl (C=O) groups is 2. The zero-order valence-corrected chi connectivity index (χ0v) is 26.2. The van der Waals surface area contributed by atoms with Crippen molar-refractivity contribution in [3.8, 4) is 42.3 Å². The van der Waals surface area contributed by atoms with Crippen LogP contribution in [0.2, 0.25) is 5.15 Å². The van der Waals surface area contributed by atoms with Gasteiger partial charge in [-0.25, -0.2) is 9.78 Å². The number of nitrogens with zero attached hydrogens (tertiary/aromatic N) is 1. The molecule has 10 nitrogen and oxygen atoms in total. The molecule has 0 spiro atoms. The number of terminal acetylenes is 2. The molecule has 1 saturated heterocycles. The van der Waals surface area contributed by atoms with Crippen LogP contribution in [0.3, 0.4) is 0 Å². The Bertz CT molecular complexity index is 1380. The van der Waals surface area contributed by atoms with Crippen LogP contribution in [-0.4, -0.2) is 64.1 Å². The van der Waals surface area contributed by atoms with E-state index in [1.54, 1.807) is 34.6 Å². The number of amides is 1. The zero-order valence-electron chi connectivity index (χ0n) is 23.8. The summed E-state index contributed by atoms with van der Waals surface area (Å²) in [5, 5.41) is 13.0. The van der Waals surface area contributed by atoms with Gasteiger partial charge in [0.05, 0.1) is 29.1 Å². The van der Waals surface area contributed by atoms with E-state index in [-0.39, 0.29) is 40.5 Å². The van der Waals surface area contributed by atoms with Crippen molar-refractivity contribution in [3.63, 3.8) is 0 Å². The molecule has 1 fully saturated rings. The summed E-state index contributed by atoms with van der Waals surface area (Å²) in [5.74, 6) is 8.96. The molecule has 4 rings (SSSR count). The summed E-state index contributed by atoms with van der Waals surface area (Å²) in [5.41, 5.74) is -1.94. The third kappa shape index (κ3) is 8.88. The first-order valence-electron chi connectivity index (χ1n) is 12.9. The van der Waals surface area contributed by atoms with Gasteiger partial charge in [-0.2, -0.15) is 0 Å². The van der Waals surface area contributed by atoms with Crippen LogP contribution in [0.5, 0.6) is 5.75 Å². The Hall–Kier alpha value is -3.24. The van der Waals surface area contributed by atoms with E-state index >= 15 is 0 Å². The lowest BCUT2D eigenvalue weighted by Gasteiger charge is -2.26. The predicted octanol–water partition coefficient (Wildman–Crippen LogP) is 4.19. The number of fused-ring (bicyclic) bond motifs is 9. The molecule has 2 N–H and O–H groups in total. The van der Waals surface area contributed by atoms with Gasteiger partial charge in [-0.3, -0.25) is 4.79 Å². The minimum atomic E-state index is -1.39. The minimum absolute atomic E-state index is 0.00484. The van der Waals surface area contributed by atoms with Crippen molar-refractivity contribution < 1.29 is 38.4 Å². The lowest BCUT2D eigenvalue weighted by atomic mass is 9.94. The number of rotatable bonds is 3. The Morgan fingerprint density at radius 2 is 2.10 bits per heavy atom. The number of nitrogens with one attached hydrogen (secondary N) is 1. The van der Waals surface area contributed by atoms with E-state index in [0.29, 0.717) is 0 Å². The number of aromatic nitrogens is 1. The maximum absolute atomic E-state index is 13.1. The van der Waals surface area contributed by atoms with E-state index in [1.165, 1.54) is 18.2 Å². The summed E-state index contributed by atoms with van der Waals surface area (Å²) in [6.07, 6.45) is 8.11. The number of alkyl carbamates (subject to hydrolysis) is 1. The largest absolute Gasteiger partial charge is 0.479 e. The molecule has 3 aliphatic rings. The van der Waals surface area contributed by atoms with E-state index in [2.05, 4.69) is 49.9 Å². The quantitative estimate of drug-likeness (QED) is 0.278. The third-order valence-electron chi connectivity index (χ3n) is 5.84. The molecule has 0 radical (unpaired) electrons. The van der Waals surface area contributed by atoms with E-state index < -0.39 is 53.4 Å². The van der Waals surface area contributed by atoms with Crippen molar-refractivity contribution in [1.82, 2.24) is 10.3 Å². The molecule has 5 atom stereocenters. The standard InChI is InChI=1S/C30H32BrClN2O8/c1-8-13-30-14-12-18(31)15-23(21(35)9-2)39-22-11-10-19(33-26(22)32)20(34-27(37)41-28(3,4)5)16-25(36)38-17-24(30)40-29(6,7)42-30/h1-2,10-11,15,20-21,23-24,35H,13,16-17H2,3-7H3,(H,34,37)/b18-15+/t20-,21+,23+,24-,30-/m1/s1. The van der Waals surface area contributed by atoms with Crippen LogP contribution < -0.4 is 10.1 Å². The number of allylic oxidation sites excluding steroid dienone is 1. The average Bonchev–Trinajstić information content (AvgIpc) is 3.14. The number of hydrogen-bond donors (Lipinski definition) is 2. The fourth-order valence-electron chi connectivity index (χ4n) is 4.16. The Labute approximate surface area is 258 Å². The summed E-state index contributed by atoms with van der Waals surface area (Å²) in [7, 11) is 0. The minimum Gasteiger partial charge on any atom is -0.479 e. The molecular weight excluding hydrogens is 632 g/mol. The van der Waals surface area contributed by atoms with Gasteiger partial charge in [0.25, 0.3) is 0 Å². The number of esters is 1. The van der Waals surface area contributed by atoms with Crippen molar-refractivity contribution in [2.24, 2.45) is 0 Å². The van der Waals surface area contributed by atoms with Gasteiger partial charge in [0, 0.05) is 0 Å². The fraction of sp³-hybridized carbons (Fsp3) is 0.500. The zero-order chi connectivity index (χ0) is 31.3. The third-order valence-corrected chi connectivity index (χ3v) is 6.57. The van der Waals surface area contributed by atoms with Crippen molar-refractivity contribution in [2.45, 2.75) is 88.8 Å². The fourth-order valence-corrected chi connectivity index (χ4v) is 4.72. The second-order valence-corrected chi connectivity index (χ2v) is 12.2. The molecule has 0 saturated carbocycles. The first-order valence-corrected chi connectivity index (χ1v) is 14.1. The molecule has 3 aliphatic heterocycles. The highest BCUT2D eigenvalue weighted by molar-refractivity contribution is 9.12. The predicted molar refractivity (Wildman–Crippen MR) is 157 cm³/mol. The maximum Gasteiger partial charge on any atom is 0.408 e. The Balaban J connectivity index is 2.10. The average molecular weight is 664 g/mol. The number of aliphatic hydroxyl groups excluding tert-OH is 1. The molecular formula is C30H32BrClN2O8. The molecule has 2 bridgehead atoms. The van der Waals surface area contributed by atoms with Gasteiger partial charge < -0.3 is 34.1 Å². The number of carbonyl (C=O) groups excluding carboxylic acids is 2. The molecule has 224 valence electrons. The van der Waals surface area contributed by atoms with E-state index in [9.17, 15) is 14.7 Å². The number of halogens is 2. The van der Waals surface area contributed by atoms with Crippen LogP contribution in [0.4, 0.5) is 4.79 Å². The topological polar surface area (TPSA) is 125 Å². The maximum atomic E-state index is 13.1. The second-order valence-electron chi connectivity index (χ2n) is 10.9. The molecule has 1 aromatic rings. The smallest absolute Gasteiger partial charge is 0.408 e. The van der Waals surface area contributed by atoms with Crippen LogP contribution >= 0.6 is 27.5 Å². The molecule has 42 heavy (non-hydrogen) atoms. The van der Waals surface area contributed by atoms with Gasteiger partial charge in [0.15, 0.2) is 34.5 Å². The molecule has 0 aromatic carbocycles. The molecule has 0 unspecified atom stereocenters. The van der Waals surface area contributed by atoms with Crippen LogP contribution in [-0.2, 0) is 23.7 Å². The first kappa shape index (κ1) is 33.3. The summed E-state index contributed by atoms with van der Waals surface area (Å²) >= 11 is 9.78. The van der Waals surface area contributed by atoms with E-state index in [1.807, 2.05) is 0 Å². The van der Waals surface area contributed by atoms with Crippen LogP contribution in [0, 0.1) is 36.5 Å². The highest BCUT2D eigenvalue weighted by Crippen LogP contribution is 2.39. The lowest BCUT2D eigenvalue weighted by Crippen LogP contribution is -2.42. The monoisotopic (exact) mass is 662 g/mol. The van der Waals surface area contributed by atoms with Crippen LogP contribution in [0.15, 0.2) is 22.7 Å². The van der Waals surface area contributed by atoms with Crippen molar-refractivity contribution in [1.29, 1.82) is 0 Å². The number of aliphatic hydroxyl groups is 1. The molecule has 1 amide bonds. The van der Waals surface area contributed by atoms with Crippen LogP contribution in [0.25, 0.3) is 0 Å². The lowest BCUT2D eigenvalue weighted by molar-refractivity contribution is -0.162. The molecule has 1 aromatic heterocycles. The summed E-state index contributed by atoms with van der Waals surface area (Å²) in [4.78, 5) is 30.0. The second kappa shape index (κ2) is 13.4. The van der Waals surface area contributed by atoms with Gasteiger partial charge >= 0.3 is 12.1 Å². The number of ether oxygens (including phenoxy) is 5. The molecule has 0 aliphatic carbocycles. The van der Waals surface area contributed by atoms with Crippen molar-refractivity contribution >= 4 is 39.6 Å². The number of hydrogen-bond acceptors (Lipinski definition) is 9. The van der Waals surface area contributed by atoms with E-state index in [4.69, 9.17) is 48.1 Å². The number of pyridine rings is 1. The van der Waals surface area contributed by atoms with Gasteiger partial charge in [0.1, 0.15) is 18.3 Å². The molecule has 4 heterocycles. The van der Waals surface area contributed by atoms with E-state index in [0.717, 1.165) is 0 Å². The van der Waals surface area contributed by atoms with Gasteiger partial charge in [-0.15, -0.1) is 18.8 Å². The summed E-state index contributed by atoms with van der Waals surface area (Å²) < 4.78 is 29.3. The summed E-state index contributed by atoms with van der Waals surface area (Å²) in [6, 6.07) is 1.97. The Morgan fingerprint density at radius 3 is 2.71 bits per heavy atom.